The number of hydrogen-bond acceptors (Lipinski definition) is 3. The lowest BCUT2D eigenvalue weighted by molar-refractivity contribution is -0.137. The summed E-state index contributed by atoms with van der Waals surface area (Å²) in [6, 6.07) is 12.2. The third kappa shape index (κ3) is 2.72. The molecule has 0 unspecified atom stereocenters. The van der Waals surface area contributed by atoms with Crippen molar-refractivity contribution in [1.82, 2.24) is 10.1 Å². The smallest absolute Gasteiger partial charge is 0.339 e. The standard InChI is InChI=1S/C16H11F3N2O/c1-10-20-15(21-22-10)14-5-3-2-4-13(14)11-6-8-12(9-7-11)16(17,18)19/h2-9H,1H3. The van der Waals surface area contributed by atoms with Crippen LogP contribution in [0, 0.1) is 6.92 Å². The van der Waals surface area contributed by atoms with Gasteiger partial charge in [0.05, 0.1) is 5.56 Å². The lowest BCUT2D eigenvalue weighted by atomic mass is 9.98. The van der Waals surface area contributed by atoms with E-state index in [-0.39, 0.29) is 0 Å². The summed E-state index contributed by atoms with van der Waals surface area (Å²) in [6.07, 6.45) is -4.34. The maximum absolute atomic E-state index is 12.6. The van der Waals surface area contributed by atoms with Crippen molar-refractivity contribution in [3.05, 3.63) is 60.0 Å². The zero-order valence-corrected chi connectivity index (χ0v) is 11.6. The molecule has 6 heteroatoms. The second-order valence-electron chi connectivity index (χ2n) is 4.76. The van der Waals surface area contributed by atoms with Gasteiger partial charge in [0, 0.05) is 12.5 Å². The first-order valence-corrected chi connectivity index (χ1v) is 6.52. The SMILES string of the molecule is Cc1nc(-c2ccccc2-c2ccc(C(F)(F)F)cc2)no1. The number of nitrogens with zero attached hydrogens (tertiary/aromatic N) is 2. The van der Waals surface area contributed by atoms with E-state index in [1.165, 1.54) is 12.1 Å². The van der Waals surface area contributed by atoms with E-state index in [0.29, 0.717) is 22.8 Å². The molecular weight excluding hydrogens is 293 g/mol. The molecule has 0 atom stereocenters. The molecule has 3 aromatic rings. The van der Waals surface area contributed by atoms with Crippen LogP contribution < -0.4 is 0 Å². The Morgan fingerprint density at radius 2 is 1.55 bits per heavy atom. The summed E-state index contributed by atoms with van der Waals surface area (Å²) in [5, 5.41) is 3.86. The fourth-order valence-corrected chi connectivity index (χ4v) is 2.18. The van der Waals surface area contributed by atoms with Gasteiger partial charge in [-0.2, -0.15) is 18.2 Å². The molecular formula is C16H11F3N2O. The lowest BCUT2D eigenvalue weighted by Gasteiger charge is -2.09. The molecule has 3 rings (SSSR count). The van der Waals surface area contributed by atoms with E-state index < -0.39 is 11.7 Å². The zero-order chi connectivity index (χ0) is 15.7. The van der Waals surface area contributed by atoms with Crippen molar-refractivity contribution < 1.29 is 17.7 Å². The molecule has 0 saturated heterocycles. The Morgan fingerprint density at radius 3 is 2.09 bits per heavy atom. The summed E-state index contributed by atoms with van der Waals surface area (Å²) in [4.78, 5) is 4.17. The monoisotopic (exact) mass is 304 g/mol. The van der Waals surface area contributed by atoms with Crippen molar-refractivity contribution in [2.75, 3.05) is 0 Å². The third-order valence-corrected chi connectivity index (χ3v) is 3.22. The molecule has 1 heterocycles. The van der Waals surface area contributed by atoms with Crippen molar-refractivity contribution in [3.63, 3.8) is 0 Å². The predicted octanol–water partition coefficient (Wildman–Crippen LogP) is 4.73. The van der Waals surface area contributed by atoms with Gasteiger partial charge in [-0.15, -0.1) is 0 Å². The Morgan fingerprint density at radius 1 is 0.909 bits per heavy atom. The van der Waals surface area contributed by atoms with E-state index in [4.69, 9.17) is 4.52 Å². The maximum Gasteiger partial charge on any atom is 0.416 e. The second-order valence-corrected chi connectivity index (χ2v) is 4.76. The van der Waals surface area contributed by atoms with Crippen LogP contribution in [0.3, 0.4) is 0 Å². The minimum absolute atomic E-state index is 0.410. The maximum atomic E-state index is 12.6. The Bertz CT molecular complexity index is 792. The highest BCUT2D eigenvalue weighted by molar-refractivity contribution is 5.80. The Balaban J connectivity index is 2.06. The van der Waals surface area contributed by atoms with Crippen LogP contribution in [-0.2, 0) is 6.18 Å². The molecule has 3 nitrogen and oxygen atoms in total. The Kier molecular flexibility index (Phi) is 3.44. The summed E-state index contributed by atoms with van der Waals surface area (Å²) in [7, 11) is 0. The molecule has 0 N–H and O–H groups in total. The van der Waals surface area contributed by atoms with E-state index in [1.54, 1.807) is 13.0 Å². The fourth-order valence-electron chi connectivity index (χ4n) is 2.18. The summed E-state index contributed by atoms with van der Waals surface area (Å²) >= 11 is 0. The van der Waals surface area contributed by atoms with Gasteiger partial charge in [-0.1, -0.05) is 41.6 Å². The molecule has 0 aliphatic heterocycles. The van der Waals surface area contributed by atoms with Gasteiger partial charge in [0.1, 0.15) is 0 Å². The molecule has 0 bridgehead atoms. The minimum Gasteiger partial charge on any atom is -0.339 e. The molecule has 0 amide bonds. The number of halogens is 3. The minimum atomic E-state index is -4.34. The third-order valence-electron chi connectivity index (χ3n) is 3.22. The van der Waals surface area contributed by atoms with E-state index >= 15 is 0 Å². The first-order valence-electron chi connectivity index (χ1n) is 6.52. The van der Waals surface area contributed by atoms with Crippen LogP contribution >= 0.6 is 0 Å². The van der Waals surface area contributed by atoms with Gasteiger partial charge in [-0.3, -0.25) is 0 Å². The first-order chi connectivity index (χ1) is 10.4. The molecule has 2 aromatic carbocycles. The predicted molar refractivity (Wildman–Crippen MR) is 74.9 cm³/mol. The summed E-state index contributed by atoms with van der Waals surface area (Å²) in [6.45, 7) is 1.68. The number of rotatable bonds is 2. The Labute approximate surface area is 124 Å². The molecule has 112 valence electrons. The number of hydrogen-bond donors (Lipinski definition) is 0. The summed E-state index contributed by atoms with van der Waals surface area (Å²) in [5.74, 6) is 0.838. The van der Waals surface area contributed by atoms with Gasteiger partial charge >= 0.3 is 6.18 Å². The molecule has 0 aliphatic carbocycles. The van der Waals surface area contributed by atoms with Gasteiger partial charge in [0.15, 0.2) is 0 Å². The molecule has 0 spiro atoms. The highest BCUT2D eigenvalue weighted by atomic mass is 19.4. The van der Waals surface area contributed by atoms with Gasteiger partial charge < -0.3 is 4.52 Å². The topological polar surface area (TPSA) is 38.9 Å². The number of benzene rings is 2. The van der Waals surface area contributed by atoms with Crippen molar-refractivity contribution in [2.24, 2.45) is 0 Å². The second kappa shape index (κ2) is 5.29. The molecule has 22 heavy (non-hydrogen) atoms. The van der Waals surface area contributed by atoms with Crippen LogP contribution in [-0.4, -0.2) is 10.1 Å². The van der Waals surface area contributed by atoms with Gasteiger partial charge in [0.25, 0.3) is 0 Å². The normalized spacial score (nSPS) is 11.6. The number of aromatic nitrogens is 2. The molecule has 0 saturated carbocycles. The first kappa shape index (κ1) is 14.3. The number of aryl methyl sites for hydroxylation is 1. The lowest BCUT2D eigenvalue weighted by Crippen LogP contribution is -2.04. The van der Waals surface area contributed by atoms with Gasteiger partial charge in [-0.25, -0.2) is 0 Å². The van der Waals surface area contributed by atoms with Crippen LogP contribution in [0.2, 0.25) is 0 Å². The zero-order valence-electron chi connectivity index (χ0n) is 11.6. The van der Waals surface area contributed by atoms with Crippen molar-refractivity contribution in [1.29, 1.82) is 0 Å². The van der Waals surface area contributed by atoms with E-state index in [1.807, 2.05) is 18.2 Å². The average molecular weight is 304 g/mol. The molecule has 0 fully saturated rings. The van der Waals surface area contributed by atoms with Crippen molar-refractivity contribution >= 4 is 0 Å². The Hall–Kier alpha value is -2.63. The van der Waals surface area contributed by atoms with Crippen molar-refractivity contribution in [2.45, 2.75) is 13.1 Å². The highest BCUT2D eigenvalue weighted by Crippen LogP contribution is 2.34. The largest absolute Gasteiger partial charge is 0.416 e. The van der Waals surface area contributed by atoms with Gasteiger partial charge in [0.2, 0.25) is 11.7 Å². The summed E-state index contributed by atoms with van der Waals surface area (Å²) in [5.41, 5.74) is 1.44. The van der Waals surface area contributed by atoms with Crippen molar-refractivity contribution in [3.8, 4) is 22.5 Å². The average Bonchev–Trinajstić information content (AvgIpc) is 2.93. The van der Waals surface area contributed by atoms with Crippen LogP contribution in [0.25, 0.3) is 22.5 Å². The number of alkyl halides is 3. The van der Waals surface area contributed by atoms with Crippen LogP contribution in [0.5, 0.6) is 0 Å². The highest BCUT2D eigenvalue weighted by Gasteiger charge is 2.30. The molecule has 0 radical (unpaired) electrons. The van der Waals surface area contributed by atoms with Gasteiger partial charge in [-0.05, 0) is 23.3 Å². The summed E-state index contributed by atoms with van der Waals surface area (Å²) < 4.78 is 42.9. The van der Waals surface area contributed by atoms with Crippen LogP contribution in [0.1, 0.15) is 11.5 Å². The van der Waals surface area contributed by atoms with E-state index in [0.717, 1.165) is 17.7 Å². The molecule has 1 aromatic heterocycles. The quantitative estimate of drug-likeness (QED) is 0.687. The molecule has 0 aliphatic rings. The van der Waals surface area contributed by atoms with Crippen LogP contribution in [0.15, 0.2) is 53.1 Å². The van der Waals surface area contributed by atoms with E-state index in [2.05, 4.69) is 10.1 Å². The van der Waals surface area contributed by atoms with Crippen LogP contribution in [0.4, 0.5) is 13.2 Å². The fraction of sp³-hybridized carbons (Fsp3) is 0.125. The van der Waals surface area contributed by atoms with E-state index in [9.17, 15) is 13.2 Å².